The van der Waals surface area contributed by atoms with E-state index in [4.69, 9.17) is 0 Å². The number of rotatable bonds is 7. The van der Waals surface area contributed by atoms with E-state index in [1.54, 1.807) is 0 Å². The number of hydrogen-bond acceptors (Lipinski definition) is 2. The molecule has 0 aromatic carbocycles. The van der Waals surface area contributed by atoms with E-state index in [0.29, 0.717) is 13.1 Å². The molecule has 0 aromatic rings. The van der Waals surface area contributed by atoms with Gasteiger partial charge in [0.05, 0.1) is 6.26 Å². The lowest BCUT2D eigenvalue weighted by Crippen LogP contribution is -2.31. The second kappa shape index (κ2) is 11.1. The van der Waals surface area contributed by atoms with Gasteiger partial charge in [-0.05, 0) is 32.3 Å². The van der Waals surface area contributed by atoms with Crippen LogP contribution in [-0.4, -0.2) is 32.1 Å². The minimum absolute atomic E-state index is 0.473. The van der Waals surface area contributed by atoms with E-state index in [1.807, 2.05) is 34.6 Å². The van der Waals surface area contributed by atoms with Crippen LogP contribution in [0.25, 0.3) is 0 Å². The molecule has 0 saturated carbocycles. The molecule has 3 nitrogen and oxygen atoms in total. The van der Waals surface area contributed by atoms with Crippen molar-refractivity contribution in [1.82, 2.24) is 4.31 Å². The van der Waals surface area contributed by atoms with E-state index in [9.17, 15) is 8.42 Å². The van der Waals surface area contributed by atoms with Crippen LogP contribution in [0.1, 0.15) is 61.3 Å². The van der Waals surface area contributed by atoms with Gasteiger partial charge < -0.3 is 0 Å². The predicted octanol–water partition coefficient (Wildman–Crippen LogP) is 4.38. The van der Waals surface area contributed by atoms with Crippen molar-refractivity contribution in [3.63, 3.8) is 0 Å². The van der Waals surface area contributed by atoms with E-state index < -0.39 is 10.0 Å². The summed E-state index contributed by atoms with van der Waals surface area (Å²) in [5.41, 5.74) is 3.65. The third-order valence-electron chi connectivity index (χ3n) is 3.10. The topological polar surface area (TPSA) is 37.4 Å². The fraction of sp³-hybridized carbons (Fsp3) is 0.750. The summed E-state index contributed by atoms with van der Waals surface area (Å²) < 4.78 is 24.8. The van der Waals surface area contributed by atoms with Crippen molar-refractivity contribution in [2.75, 3.05) is 19.3 Å². The van der Waals surface area contributed by atoms with Crippen molar-refractivity contribution in [3.05, 3.63) is 22.8 Å². The smallest absolute Gasteiger partial charge is 0.211 e. The highest BCUT2D eigenvalue weighted by Gasteiger charge is 2.15. The molecular formula is C16H33NO2S. The van der Waals surface area contributed by atoms with Gasteiger partial charge in [0.1, 0.15) is 0 Å². The van der Waals surface area contributed by atoms with Crippen LogP contribution in [0.2, 0.25) is 0 Å². The molecule has 0 N–H and O–H groups in total. The minimum atomic E-state index is -3.12. The summed E-state index contributed by atoms with van der Waals surface area (Å²) in [7, 11) is -3.12. The Labute approximate surface area is 126 Å². The van der Waals surface area contributed by atoms with Crippen LogP contribution < -0.4 is 0 Å². The second-order valence-corrected chi connectivity index (χ2v) is 6.71. The van der Waals surface area contributed by atoms with Crippen LogP contribution in [0.4, 0.5) is 0 Å². The molecule has 0 spiro atoms. The number of allylic oxidation sites excluding steroid dienone is 2. The fourth-order valence-electron chi connectivity index (χ4n) is 1.70. The Hall–Kier alpha value is -0.610. The summed E-state index contributed by atoms with van der Waals surface area (Å²) >= 11 is 0. The molecule has 0 aliphatic carbocycles. The molecule has 0 amide bonds. The lowest BCUT2D eigenvalue weighted by molar-refractivity contribution is 0.459. The molecular weight excluding hydrogens is 270 g/mol. The maximum absolute atomic E-state index is 11.6. The molecule has 0 aliphatic heterocycles. The van der Waals surface area contributed by atoms with Crippen LogP contribution in [0, 0.1) is 0 Å². The van der Waals surface area contributed by atoms with Gasteiger partial charge in [0.15, 0.2) is 0 Å². The summed E-state index contributed by atoms with van der Waals surface area (Å²) in [6.45, 7) is 15.2. The van der Waals surface area contributed by atoms with Gasteiger partial charge in [-0.2, -0.15) is 4.31 Å². The molecule has 0 aromatic heterocycles. The molecule has 0 radical (unpaired) electrons. The summed E-state index contributed by atoms with van der Waals surface area (Å²) in [5, 5.41) is 0. The highest BCUT2D eigenvalue weighted by Crippen LogP contribution is 2.16. The first-order valence-corrected chi connectivity index (χ1v) is 9.41. The Bertz CT molecular complexity index is 410. The van der Waals surface area contributed by atoms with E-state index >= 15 is 0 Å². The predicted molar refractivity (Wildman–Crippen MR) is 90.5 cm³/mol. The molecule has 0 fully saturated rings. The second-order valence-electron chi connectivity index (χ2n) is 4.72. The Morgan fingerprint density at radius 2 is 1.50 bits per heavy atom. The zero-order valence-electron chi connectivity index (χ0n) is 14.6. The monoisotopic (exact) mass is 303 g/mol. The van der Waals surface area contributed by atoms with Crippen molar-refractivity contribution < 1.29 is 8.42 Å². The molecule has 0 saturated heterocycles. The molecule has 0 bridgehead atoms. The van der Waals surface area contributed by atoms with E-state index in [0.717, 1.165) is 18.4 Å². The molecule has 120 valence electrons. The van der Waals surface area contributed by atoms with E-state index in [2.05, 4.69) is 19.9 Å². The van der Waals surface area contributed by atoms with E-state index in [1.165, 1.54) is 21.7 Å². The summed E-state index contributed by atoms with van der Waals surface area (Å²) in [4.78, 5) is 0. The SMILES string of the molecule is CC.CCC(=CC(CN(CC)S(C)(=O)=O)=C(C)C)CC. The Balaban J connectivity index is 0. The average Bonchev–Trinajstić information content (AvgIpc) is 2.39. The Morgan fingerprint density at radius 1 is 1.05 bits per heavy atom. The van der Waals surface area contributed by atoms with Gasteiger partial charge in [0.2, 0.25) is 10.0 Å². The highest BCUT2D eigenvalue weighted by atomic mass is 32.2. The zero-order valence-corrected chi connectivity index (χ0v) is 15.4. The van der Waals surface area contributed by atoms with Crippen LogP contribution in [0.3, 0.4) is 0 Å². The van der Waals surface area contributed by atoms with Gasteiger partial charge in [-0.1, -0.05) is 51.8 Å². The van der Waals surface area contributed by atoms with Gasteiger partial charge in [-0.3, -0.25) is 0 Å². The van der Waals surface area contributed by atoms with Gasteiger partial charge in [-0.25, -0.2) is 8.42 Å². The van der Waals surface area contributed by atoms with Gasteiger partial charge in [0.25, 0.3) is 0 Å². The molecule has 4 heteroatoms. The first-order valence-electron chi connectivity index (χ1n) is 7.57. The summed E-state index contributed by atoms with van der Waals surface area (Å²) in [6, 6.07) is 0. The molecule has 0 aliphatic rings. The van der Waals surface area contributed by atoms with Crippen molar-refractivity contribution in [2.45, 2.75) is 61.3 Å². The van der Waals surface area contributed by atoms with Gasteiger partial charge >= 0.3 is 0 Å². The van der Waals surface area contributed by atoms with Crippen molar-refractivity contribution in [1.29, 1.82) is 0 Å². The third-order valence-corrected chi connectivity index (χ3v) is 4.42. The largest absolute Gasteiger partial charge is 0.212 e. The summed E-state index contributed by atoms with van der Waals surface area (Å²) in [5.74, 6) is 0. The van der Waals surface area contributed by atoms with Gasteiger partial charge in [-0.15, -0.1) is 0 Å². The van der Waals surface area contributed by atoms with Crippen molar-refractivity contribution in [3.8, 4) is 0 Å². The number of likely N-dealkylation sites (N-methyl/N-ethyl adjacent to an activating group) is 1. The van der Waals surface area contributed by atoms with Gasteiger partial charge in [0, 0.05) is 13.1 Å². The Kier molecular flexibility index (Phi) is 12.0. The highest BCUT2D eigenvalue weighted by molar-refractivity contribution is 7.88. The minimum Gasteiger partial charge on any atom is -0.212 e. The zero-order chi connectivity index (χ0) is 16.3. The van der Waals surface area contributed by atoms with Crippen LogP contribution >= 0.6 is 0 Å². The number of hydrogen-bond donors (Lipinski definition) is 0. The third kappa shape index (κ3) is 8.54. The average molecular weight is 304 g/mol. The summed E-state index contributed by atoms with van der Waals surface area (Å²) in [6.07, 6.45) is 5.45. The number of nitrogens with zero attached hydrogens (tertiary/aromatic N) is 1. The molecule has 0 atom stereocenters. The van der Waals surface area contributed by atoms with Crippen LogP contribution in [-0.2, 0) is 10.0 Å². The molecule has 20 heavy (non-hydrogen) atoms. The fourth-order valence-corrected chi connectivity index (χ4v) is 2.54. The van der Waals surface area contributed by atoms with Crippen molar-refractivity contribution >= 4 is 10.0 Å². The lowest BCUT2D eigenvalue weighted by Gasteiger charge is -2.20. The Morgan fingerprint density at radius 3 is 1.75 bits per heavy atom. The first kappa shape index (κ1) is 21.7. The molecule has 0 rings (SSSR count). The van der Waals surface area contributed by atoms with Crippen molar-refractivity contribution in [2.24, 2.45) is 0 Å². The molecule has 0 unspecified atom stereocenters. The molecule has 0 heterocycles. The first-order chi connectivity index (χ1) is 9.26. The normalized spacial score (nSPS) is 10.7. The standard InChI is InChI=1S/C14H27NO2S.C2H6/c1-7-13(8-2)10-14(12(4)5)11-15(9-3)18(6,16)17;1-2/h10H,7-9,11H2,1-6H3;1-2H3. The number of sulfonamides is 1. The lowest BCUT2D eigenvalue weighted by atomic mass is 10.0. The van der Waals surface area contributed by atoms with Crippen LogP contribution in [0.15, 0.2) is 22.8 Å². The quantitative estimate of drug-likeness (QED) is 0.655. The van der Waals surface area contributed by atoms with Crippen LogP contribution in [0.5, 0.6) is 0 Å². The maximum Gasteiger partial charge on any atom is 0.211 e. The maximum atomic E-state index is 11.6. The van der Waals surface area contributed by atoms with E-state index in [-0.39, 0.29) is 0 Å².